The molecule has 0 aromatic heterocycles. The predicted molar refractivity (Wildman–Crippen MR) is 64.0 cm³/mol. The van der Waals surface area contributed by atoms with Crippen LogP contribution in [0.25, 0.3) is 0 Å². The van der Waals surface area contributed by atoms with Crippen molar-refractivity contribution in [1.82, 2.24) is 4.90 Å². The maximum absolute atomic E-state index is 10.5. The van der Waals surface area contributed by atoms with Crippen molar-refractivity contribution in [2.24, 2.45) is 0 Å². The molecular formula is C9H19NO9S. The minimum absolute atomic E-state index is 0.0481. The average molecular weight is 317 g/mol. The number of nitrogens with zero attached hydrogens (tertiary/aromatic N) is 1. The molecule has 0 aromatic carbocycles. The normalized spacial score (nSPS) is 31.4. The first kappa shape index (κ1) is 17.7. The first-order valence-corrected chi connectivity index (χ1v) is 7.21. The largest absolute Gasteiger partial charge is 0.397 e. The molecule has 1 aliphatic heterocycles. The van der Waals surface area contributed by atoms with E-state index in [-0.39, 0.29) is 13.1 Å². The predicted octanol–water partition coefficient (Wildman–Crippen LogP) is -4.07. The van der Waals surface area contributed by atoms with Crippen LogP contribution in [0, 0.1) is 0 Å². The highest BCUT2D eigenvalue weighted by Crippen LogP contribution is 2.19. The van der Waals surface area contributed by atoms with Gasteiger partial charge in [0.25, 0.3) is 0 Å². The Balaban J connectivity index is 2.66. The van der Waals surface area contributed by atoms with Gasteiger partial charge in [-0.1, -0.05) is 0 Å². The van der Waals surface area contributed by atoms with Crippen LogP contribution in [0.3, 0.4) is 0 Å². The third kappa shape index (κ3) is 4.58. The van der Waals surface area contributed by atoms with Gasteiger partial charge in [0, 0.05) is 13.1 Å². The summed E-state index contributed by atoms with van der Waals surface area (Å²) in [7, 11) is -4.84. The number of likely N-dealkylation sites (tertiary alicyclic amines) is 1. The van der Waals surface area contributed by atoms with E-state index >= 15 is 0 Å². The second-order valence-electron chi connectivity index (χ2n) is 4.57. The lowest BCUT2D eigenvalue weighted by molar-refractivity contribution is -0.0283. The summed E-state index contributed by atoms with van der Waals surface area (Å²) in [6.07, 6.45) is -5.44. The van der Waals surface area contributed by atoms with Crippen molar-refractivity contribution < 1.29 is 42.7 Å². The fourth-order valence-electron chi connectivity index (χ4n) is 2.12. The number of aliphatic hydroxyl groups is 5. The van der Waals surface area contributed by atoms with Crippen LogP contribution in [0.5, 0.6) is 0 Å². The molecule has 0 unspecified atom stereocenters. The summed E-state index contributed by atoms with van der Waals surface area (Å²) in [5, 5.41) is 46.9. The van der Waals surface area contributed by atoms with Crippen LogP contribution in [0.4, 0.5) is 0 Å². The summed E-state index contributed by atoms with van der Waals surface area (Å²) in [4.78, 5) is 1.33. The Kier molecular flexibility index (Phi) is 6.25. The molecule has 0 aromatic rings. The highest BCUT2D eigenvalue weighted by Gasteiger charge is 2.41. The molecule has 10 nitrogen and oxygen atoms in total. The van der Waals surface area contributed by atoms with E-state index in [9.17, 15) is 23.7 Å². The smallest absolute Gasteiger partial charge is 0.395 e. The topological polar surface area (TPSA) is 168 Å². The third-order valence-electron chi connectivity index (χ3n) is 3.14. The number of hydrogen-bond donors (Lipinski definition) is 6. The lowest BCUT2D eigenvalue weighted by Gasteiger charge is -2.28. The fraction of sp³-hybridized carbons (Fsp3) is 1.00. The lowest BCUT2D eigenvalue weighted by atomic mass is 10.1. The van der Waals surface area contributed by atoms with E-state index < -0.39 is 54.1 Å². The van der Waals surface area contributed by atoms with E-state index in [0.717, 1.165) is 0 Å². The first-order chi connectivity index (χ1) is 9.19. The number of rotatable bonds is 7. The van der Waals surface area contributed by atoms with Gasteiger partial charge in [0.2, 0.25) is 0 Å². The lowest BCUT2D eigenvalue weighted by Crippen LogP contribution is -2.47. The van der Waals surface area contributed by atoms with Gasteiger partial charge in [-0.25, -0.2) is 4.18 Å². The first-order valence-electron chi connectivity index (χ1n) is 5.85. The molecule has 0 saturated carbocycles. The van der Waals surface area contributed by atoms with Crippen LogP contribution in [-0.4, -0.2) is 100 Å². The van der Waals surface area contributed by atoms with E-state index in [1.807, 2.05) is 0 Å². The monoisotopic (exact) mass is 317 g/mol. The van der Waals surface area contributed by atoms with E-state index in [1.54, 1.807) is 0 Å². The Labute approximate surface area is 115 Å². The van der Waals surface area contributed by atoms with Gasteiger partial charge in [-0.15, -0.1) is 0 Å². The molecule has 6 N–H and O–H groups in total. The van der Waals surface area contributed by atoms with Gasteiger partial charge in [0.1, 0.15) is 6.10 Å². The molecule has 11 heteroatoms. The summed E-state index contributed by atoms with van der Waals surface area (Å²) in [6.45, 7) is -1.68. The zero-order chi connectivity index (χ0) is 15.5. The summed E-state index contributed by atoms with van der Waals surface area (Å²) < 4.78 is 33.7. The standard InChI is InChI=1S/C9H19NO9S/c11-3-5-9(15)7(14)2-10(5)1-6(13)8(4-12)19-20(16,17)18/h5-9,11-15H,1-4H2,(H,16,17,18)/t5-,6+,7-,8-,9-/m0/s1. The van der Waals surface area contributed by atoms with Crippen molar-refractivity contribution in [3.63, 3.8) is 0 Å². The van der Waals surface area contributed by atoms with Gasteiger partial charge in [0.05, 0.1) is 37.6 Å². The van der Waals surface area contributed by atoms with Crippen molar-refractivity contribution >= 4 is 10.4 Å². The average Bonchev–Trinajstić information content (AvgIpc) is 2.60. The Bertz CT molecular complexity index is 402. The van der Waals surface area contributed by atoms with Gasteiger partial charge < -0.3 is 25.5 Å². The second-order valence-corrected chi connectivity index (χ2v) is 5.62. The summed E-state index contributed by atoms with van der Waals surface area (Å²) in [5.41, 5.74) is 0. The van der Waals surface area contributed by atoms with Crippen molar-refractivity contribution in [3.8, 4) is 0 Å². The summed E-state index contributed by atoms with van der Waals surface area (Å²) in [5.74, 6) is 0. The molecule has 20 heavy (non-hydrogen) atoms. The van der Waals surface area contributed by atoms with Gasteiger partial charge in [-0.2, -0.15) is 8.42 Å². The van der Waals surface area contributed by atoms with E-state index in [2.05, 4.69) is 4.18 Å². The van der Waals surface area contributed by atoms with Crippen LogP contribution in [0.2, 0.25) is 0 Å². The zero-order valence-electron chi connectivity index (χ0n) is 10.5. The molecule has 0 aliphatic carbocycles. The quantitative estimate of drug-likeness (QED) is 0.254. The van der Waals surface area contributed by atoms with Gasteiger partial charge in [-0.3, -0.25) is 9.45 Å². The van der Waals surface area contributed by atoms with Crippen molar-refractivity contribution in [3.05, 3.63) is 0 Å². The molecule has 120 valence electrons. The molecule has 1 aliphatic rings. The van der Waals surface area contributed by atoms with Crippen molar-refractivity contribution in [2.75, 3.05) is 26.3 Å². The van der Waals surface area contributed by atoms with Crippen LogP contribution >= 0.6 is 0 Å². The van der Waals surface area contributed by atoms with E-state index in [1.165, 1.54) is 4.90 Å². The minimum atomic E-state index is -4.84. The molecule has 0 amide bonds. The van der Waals surface area contributed by atoms with E-state index in [0.29, 0.717) is 0 Å². The molecule has 0 bridgehead atoms. The van der Waals surface area contributed by atoms with Gasteiger partial charge >= 0.3 is 10.4 Å². The molecule has 1 heterocycles. The van der Waals surface area contributed by atoms with Crippen LogP contribution in [0.1, 0.15) is 0 Å². The van der Waals surface area contributed by atoms with Crippen LogP contribution in [-0.2, 0) is 14.6 Å². The Morgan fingerprint density at radius 2 is 1.90 bits per heavy atom. The summed E-state index contributed by atoms with van der Waals surface area (Å²) >= 11 is 0. The number of hydrogen-bond acceptors (Lipinski definition) is 9. The van der Waals surface area contributed by atoms with E-state index in [4.69, 9.17) is 14.8 Å². The molecule has 1 saturated heterocycles. The molecular weight excluding hydrogens is 298 g/mol. The fourth-order valence-corrected chi connectivity index (χ4v) is 2.62. The number of β-amino-alcohol motifs (C(OH)–C–C–N with tert-alkyl or cyclic N) is 2. The molecule has 1 fully saturated rings. The third-order valence-corrected chi connectivity index (χ3v) is 3.63. The van der Waals surface area contributed by atoms with Crippen molar-refractivity contribution in [2.45, 2.75) is 30.5 Å². The Morgan fingerprint density at radius 3 is 2.35 bits per heavy atom. The van der Waals surface area contributed by atoms with Crippen LogP contribution in [0.15, 0.2) is 0 Å². The second kappa shape index (κ2) is 7.06. The SMILES string of the molecule is O=S(=O)(O)O[C@@H](CO)[C@H](O)CN1C[C@H](O)[C@@H](O)[C@@H]1CO. The van der Waals surface area contributed by atoms with Crippen molar-refractivity contribution in [1.29, 1.82) is 0 Å². The molecule has 0 radical (unpaired) electrons. The van der Waals surface area contributed by atoms with Gasteiger partial charge in [-0.05, 0) is 0 Å². The Hall–Kier alpha value is -0.370. The van der Waals surface area contributed by atoms with Crippen LogP contribution < -0.4 is 0 Å². The minimum Gasteiger partial charge on any atom is -0.395 e. The maximum atomic E-state index is 10.5. The summed E-state index contributed by atoms with van der Waals surface area (Å²) in [6, 6.07) is -0.829. The molecule has 0 spiro atoms. The highest BCUT2D eigenvalue weighted by molar-refractivity contribution is 7.80. The highest BCUT2D eigenvalue weighted by atomic mass is 32.3. The zero-order valence-corrected chi connectivity index (χ0v) is 11.3. The number of aliphatic hydroxyl groups excluding tert-OH is 5. The molecule has 5 atom stereocenters. The van der Waals surface area contributed by atoms with Gasteiger partial charge in [0.15, 0.2) is 0 Å². The maximum Gasteiger partial charge on any atom is 0.397 e. The Morgan fingerprint density at radius 1 is 1.30 bits per heavy atom. The molecule has 1 rings (SSSR count).